The second-order valence-electron chi connectivity index (χ2n) is 3.73. The highest BCUT2D eigenvalue weighted by atomic mass is 35.5. The van der Waals surface area contributed by atoms with Crippen molar-refractivity contribution in [3.8, 4) is 0 Å². The van der Waals surface area contributed by atoms with E-state index in [9.17, 15) is 4.79 Å². The van der Waals surface area contributed by atoms with Gasteiger partial charge in [0.05, 0.1) is 24.2 Å². The minimum absolute atomic E-state index is 0.0566. The van der Waals surface area contributed by atoms with Gasteiger partial charge in [-0.25, -0.2) is 4.98 Å². The summed E-state index contributed by atoms with van der Waals surface area (Å²) in [6.45, 7) is 1.88. The molecule has 0 saturated heterocycles. The largest absolute Gasteiger partial charge is 0.469 e. The maximum atomic E-state index is 11.2. The number of nitrogen functional groups attached to an aromatic ring is 1. The van der Waals surface area contributed by atoms with Crippen LogP contribution >= 0.6 is 11.6 Å². The van der Waals surface area contributed by atoms with Crippen molar-refractivity contribution in [3.05, 3.63) is 28.5 Å². The number of imidazole rings is 1. The van der Waals surface area contributed by atoms with Crippen LogP contribution in [-0.2, 0) is 16.0 Å². The van der Waals surface area contributed by atoms with Crippen LogP contribution in [0.4, 0.5) is 5.82 Å². The molecule has 2 aromatic rings. The van der Waals surface area contributed by atoms with Crippen LogP contribution in [0, 0.1) is 6.92 Å². The van der Waals surface area contributed by atoms with Crippen LogP contribution in [0.3, 0.4) is 0 Å². The van der Waals surface area contributed by atoms with Gasteiger partial charge in [-0.2, -0.15) is 0 Å². The van der Waals surface area contributed by atoms with E-state index in [1.165, 1.54) is 7.11 Å². The average Bonchev–Trinajstić information content (AvgIpc) is 2.57. The second-order valence-corrected chi connectivity index (χ2v) is 4.17. The summed E-state index contributed by atoms with van der Waals surface area (Å²) in [7, 11) is 1.33. The number of carbonyl (C=O) groups is 1. The summed E-state index contributed by atoms with van der Waals surface area (Å²) in [6, 6.07) is 1.80. The zero-order valence-corrected chi connectivity index (χ0v) is 10.3. The van der Waals surface area contributed by atoms with Crippen LogP contribution in [0.25, 0.3) is 5.65 Å². The highest BCUT2D eigenvalue weighted by molar-refractivity contribution is 6.30. The minimum atomic E-state index is -0.371. The number of aryl methyl sites for hydroxylation is 1. The highest BCUT2D eigenvalue weighted by Crippen LogP contribution is 2.22. The third kappa shape index (κ3) is 2.06. The Labute approximate surface area is 103 Å². The van der Waals surface area contributed by atoms with Crippen LogP contribution in [0.15, 0.2) is 12.3 Å². The molecule has 90 valence electrons. The van der Waals surface area contributed by atoms with Gasteiger partial charge >= 0.3 is 5.97 Å². The zero-order valence-electron chi connectivity index (χ0n) is 9.53. The van der Waals surface area contributed by atoms with Crippen molar-refractivity contribution in [1.82, 2.24) is 9.38 Å². The number of hydrogen-bond acceptors (Lipinski definition) is 4. The summed E-state index contributed by atoms with van der Waals surface area (Å²) < 4.78 is 6.27. The molecule has 17 heavy (non-hydrogen) atoms. The van der Waals surface area contributed by atoms with Crippen molar-refractivity contribution in [1.29, 1.82) is 0 Å². The van der Waals surface area contributed by atoms with E-state index in [2.05, 4.69) is 9.72 Å². The van der Waals surface area contributed by atoms with Crippen LogP contribution in [-0.4, -0.2) is 22.5 Å². The van der Waals surface area contributed by atoms with Gasteiger partial charge in [0, 0.05) is 6.20 Å². The van der Waals surface area contributed by atoms with Gasteiger partial charge in [0.25, 0.3) is 0 Å². The Kier molecular flexibility index (Phi) is 2.93. The van der Waals surface area contributed by atoms with Crippen LogP contribution in [0.1, 0.15) is 11.3 Å². The van der Waals surface area contributed by atoms with Gasteiger partial charge in [-0.15, -0.1) is 0 Å². The molecule has 2 heterocycles. The van der Waals surface area contributed by atoms with Gasteiger partial charge in [-0.1, -0.05) is 11.6 Å². The van der Waals surface area contributed by atoms with E-state index in [0.717, 1.165) is 5.56 Å². The molecule has 0 spiro atoms. The average molecular weight is 254 g/mol. The number of carbonyl (C=O) groups excluding carboxylic acids is 1. The first kappa shape index (κ1) is 11.7. The molecule has 0 aliphatic rings. The van der Waals surface area contributed by atoms with Crippen molar-refractivity contribution in [3.63, 3.8) is 0 Å². The number of esters is 1. The van der Waals surface area contributed by atoms with Gasteiger partial charge in [0.1, 0.15) is 11.5 Å². The molecule has 2 rings (SSSR count). The van der Waals surface area contributed by atoms with Gasteiger partial charge in [-0.3, -0.25) is 9.20 Å². The SMILES string of the molecule is COC(=O)Cc1nc2c(C)cc(Cl)cn2c1N. The maximum Gasteiger partial charge on any atom is 0.311 e. The number of pyridine rings is 1. The number of hydrogen-bond donors (Lipinski definition) is 1. The van der Waals surface area contributed by atoms with Crippen molar-refractivity contribution < 1.29 is 9.53 Å². The Balaban J connectivity index is 2.56. The molecular weight excluding hydrogens is 242 g/mol. The molecule has 5 nitrogen and oxygen atoms in total. The second kappa shape index (κ2) is 4.25. The molecule has 2 aromatic heterocycles. The molecule has 0 saturated carbocycles. The lowest BCUT2D eigenvalue weighted by molar-refractivity contribution is -0.139. The molecule has 0 aromatic carbocycles. The number of fused-ring (bicyclic) bond motifs is 1. The number of rotatable bonds is 2. The summed E-state index contributed by atoms with van der Waals surface area (Å²) in [5, 5.41) is 0.573. The van der Waals surface area contributed by atoms with Crippen LogP contribution in [0.5, 0.6) is 0 Å². The summed E-state index contributed by atoms with van der Waals surface area (Å²) in [5.74, 6) is 0.0415. The lowest BCUT2D eigenvalue weighted by Crippen LogP contribution is -2.07. The fourth-order valence-electron chi connectivity index (χ4n) is 1.67. The molecule has 6 heteroatoms. The van der Waals surface area contributed by atoms with E-state index in [4.69, 9.17) is 17.3 Å². The molecule has 0 aliphatic heterocycles. The monoisotopic (exact) mass is 253 g/mol. The Hall–Kier alpha value is -1.75. The summed E-state index contributed by atoms with van der Waals surface area (Å²) in [6.07, 6.45) is 1.73. The quantitative estimate of drug-likeness (QED) is 0.826. The van der Waals surface area contributed by atoms with Crippen molar-refractivity contribution in [2.75, 3.05) is 12.8 Å². The van der Waals surface area contributed by atoms with Gasteiger partial charge in [-0.05, 0) is 18.6 Å². The lowest BCUT2D eigenvalue weighted by atomic mass is 10.3. The maximum absolute atomic E-state index is 11.2. The van der Waals surface area contributed by atoms with E-state index >= 15 is 0 Å². The zero-order chi connectivity index (χ0) is 12.6. The van der Waals surface area contributed by atoms with E-state index in [1.807, 2.05) is 6.92 Å². The van der Waals surface area contributed by atoms with Gasteiger partial charge in [0.2, 0.25) is 0 Å². The smallest absolute Gasteiger partial charge is 0.311 e. The summed E-state index contributed by atoms with van der Waals surface area (Å²) in [4.78, 5) is 15.5. The van der Waals surface area contributed by atoms with E-state index in [-0.39, 0.29) is 12.4 Å². The molecule has 0 amide bonds. The summed E-state index contributed by atoms with van der Waals surface area (Å²) in [5.41, 5.74) is 8.02. The first-order valence-corrected chi connectivity index (χ1v) is 5.40. The molecule has 0 aliphatic carbocycles. The van der Waals surface area contributed by atoms with Crippen molar-refractivity contribution in [2.24, 2.45) is 0 Å². The Bertz CT molecular complexity index is 592. The molecule has 0 atom stereocenters. The fourth-order valence-corrected chi connectivity index (χ4v) is 1.93. The topological polar surface area (TPSA) is 69.6 Å². The minimum Gasteiger partial charge on any atom is -0.469 e. The first-order valence-electron chi connectivity index (χ1n) is 5.02. The number of ether oxygens (including phenoxy) is 1. The third-order valence-electron chi connectivity index (χ3n) is 2.52. The van der Waals surface area contributed by atoms with E-state index < -0.39 is 0 Å². The van der Waals surface area contributed by atoms with E-state index in [0.29, 0.717) is 22.2 Å². The molecule has 2 N–H and O–H groups in total. The lowest BCUT2D eigenvalue weighted by Gasteiger charge is -2.00. The Morgan fingerprint density at radius 1 is 1.65 bits per heavy atom. The van der Waals surface area contributed by atoms with Crippen molar-refractivity contribution in [2.45, 2.75) is 13.3 Å². The Morgan fingerprint density at radius 2 is 2.35 bits per heavy atom. The molecule has 0 fully saturated rings. The number of aromatic nitrogens is 2. The highest BCUT2D eigenvalue weighted by Gasteiger charge is 2.14. The first-order chi connectivity index (χ1) is 8.02. The molecule has 0 bridgehead atoms. The van der Waals surface area contributed by atoms with Crippen LogP contribution < -0.4 is 5.73 Å². The fraction of sp³-hybridized carbons (Fsp3) is 0.273. The van der Waals surface area contributed by atoms with Gasteiger partial charge in [0.15, 0.2) is 0 Å². The number of anilines is 1. The number of nitrogens with two attached hydrogens (primary N) is 1. The third-order valence-corrected chi connectivity index (χ3v) is 2.73. The molecular formula is C11H12ClN3O2. The molecule has 0 radical (unpaired) electrons. The molecule has 0 unspecified atom stereocenters. The predicted octanol–water partition coefficient (Wildman–Crippen LogP) is 1.59. The van der Waals surface area contributed by atoms with E-state index in [1.54, 1.807) is 16.7 Å². The number of halogens is 1. The van der Waals surface area contributed by atoms with Crippen molar-refractivity contribution >= 4 is 29.0 Å². The number of nitrogens with zero attached hydrogens (tertiary/aromatic N) is 2. The van der Waals surface area contributed by atoms with Gasteiger partial charge < -0.3 is 10.5 Å². The predicted molar refractivity (Wildman–Crippen MR) is 65.1 cm³/mol. The normalized spacial score (nSPS) is 10.8. The Morgan fingerprint density at radius 3 is 3.00 bits per heavy atom. The summed E-state index contributed by atoms with van der Waals surface area (Å²) >= 11 is 5.94. The standard InChI is InChI=1S/C11H12ClN3O2/c1-6-3-7(12)5-15-10(13)8(14-11(6)15)4-9(16)17-2/h3,5H,4,13H2,1-2H3. The number of methoxy groups -OCH3 is 1. The van der Waals surface area contributed by atoms with Crippen LogP contribution in [0.2, 0.25) is 5.02 Å².